The van der Waals surface area contributed by atoms with E-state index in [0.29, 0.717) is 13.1 Å². The van der Waals surface area contributed by atoms with Gasteiger partial charge in [0.25, 0.3) is 0 Å². The predicted octanol–water partition coefficient (Wildman–Crippen LogP) is 3.58. The van der Waals surface area contributed by atoms with E-state index in [1.54, 1.807) is 6.26 Å². The zero-order chi connectivity index (χ0) is 15.5. The highest BCUT2D eigenvalue weighted by atomic mass is 79.9. The highest BCUT2D eigenvalue weighted by Crippen LogP contribution is 2.31. The second-order valence-corrected chi connectivity index (χ2v) is 7.41. The Morgan fingerprint density at radius 1 is 1.48 bits per heavy atom. The predicted molar refractivity (Wildman–Crippen MR) is 84.1 cm³/mol. The summed E-state index contributed by atoms with van der Waals surface area (Å²) in [5.74, 6) is 0.863. The molecule has 1 aliphatic carbocycles. The molecular weight excluding hydrogens is 336 g/mol. The Bertz CT molecular complexity index is 489. The van der Waals surface area contributed by atoms with Gasteiger partial charge in [-0.2, -0.15) is 0 Å². The summed E-state index contributed by atoms with van der Waals surface area (Å²) in [6, 6.07) is 1.87. The van der Waals surface area contributed by atoms with Gasteiger partial charge in [0, 0.05) is 6.54 Å². The van der Waals surface area contributed by atoms with Crippen LogP contribution in [0.5, 0.6) is 0 Å². The molecule has 1 aromatic rings. The largest absolute Gasteiger partial charge is 0.467 e. The molecule has 0 bridgehead atoms. The van der Waals surface area contributed by atoms with Crippen LogP contribution in [0.15, 0.2) is 21.2 Å². The van der Waals surface area contributed by atoms with E-state index in [1.807, 2.05) is 26.8 Å². The molecule has 0 atom stereocenters. The summed E-state index contributed by atoms with van der Waals surface area (Å²) in [5, 5.41) is 6.36. The van der Waals surface area contributed by atoms with Crippen LogP contribution in [0.2, 0.25) is 0 Å². The first-order valence-corrected chi connectivity index (χ1v) is 8.03. The molecule has 2 N–H and O–H groups in total. The van der Waals surface area contributed by atoms with Crippen molar-refractivity contribution in [1.29, 1.82) is 0 Å². The Morgan fingerprint density at radius 2 is 2.19 bits per heavy atom. The topological polar surface area (TPSA) is 63.5 Å². The summed E-state index contributed by atoms with van der Waals surface area (Å²) in [5.41, 5.74) is -0.664. The molecule has 1 fully saturated rings. The summed E-state index contributed by atoms with van der Waals surface area (Å²) in [6.45, 7) is 6.94. The lowest BCUT2D eigenvalue weighted by Crippen LogP contribution is -2.59. The number of alkyl carbamates (subject to hydrolysis) is 1. The zero-order valence-electron chi connectivity index (χ0n) is 12.8. The molecule has 21 heavy (non-hydrogen) atoms. The van der Waals surface area contributed by atoms with Crippen molar-refractivity contribution in [2.24, 2.45) is 0 Å². The highest BCUT2D eigenvalue weighted by molar-refractivity contribution is 9.10. The average molecular weight is 359 g/mol. The minimum atomic E-state index is -0.471. The third-order valence-corrected chi connectivity index (χ3v) is 4.22. The maximum absolute atomic E-state index is 11.9. The van der Waals surface area contributed by atoms with Gasteiger partial charge in [-0.15, -0.1) is 0 Å². The van der Waals surface area contributed by atoms with E-state index in [-0.39, 0.29) is 11.6 Å². The molecule has 0 saturated heterocycles. The second kappa shape index (κ2) is 6.40. The van der Waals surface area contributed by atoms with Crippen molar-refractivity contribution in [3.8, 4) is 0 Å². The number of carbonyl (C=O) groups excluding carboxylic acids is 1. The van der Waals surface area contributed by atoms with E-state index < -0.39 is 5.60 Å². The van der Waals surface area contributed by atoms with Gasteiger partial charge in [-0.05, 0) is 62.0 Å². The Labute approximate surface area is 133 Å². The normalized spacial score (nSPS) is 17.1. The Kier molecular flexibility index (Phi) is 4.99. The molecule has 2 rings (SSSR count). The number of ether oxygens (including phenoxy) is 1. The quantitative estimate of drug-likeness (QED) is 0.844. The third kappa shape index (κ3) is 4.74. The summed E-state index contributed by atoms with van der Waals surface area (Å²) in [4.78, 5) is 11.9. The maximum Gasteiger partial charge on any atom is 0.408 e. The van der Waals surface area contributed by atoms with Crippen LogP contribution in [-0.4, -0.2) is 23.8 Å². The number of furan rings is 1. The lowest BCUT2D eigenvalue weighted by Gasteiger charge is -2.42. The molecule has 1 heterocycles. The van der Waals surface area contributed by atoms with Gasteiger partial charge in [0.15, 0.2) is 0 Å². The summed E-state index contributed by atoms with van der Waals surface area (Å²) in [7, 11) is 0. The molecule has 1 amide bonds. The molecule has 0 unspecified atom stereocenters. The summed E-state index contributed by atoms with van der Waals surface area (Å²) in [6.07, 6.45) is 4.38. The number of hydrogen-bond acceptors (Lipinski definition) is 4. The van der Waals surface area contributed by atoms with Gasteiger partial charge >= 0.3 is 6.09 Å². The summed E-state index contributed by atoms with van der Waals surface area (Å²) < 4.78 is 11.6. The first-order valence-electron chi connectivity index (χ1n) is 7.23. The fraction of sp³-hybridized carbons (Fsp3) is 0.667. The van der Waals surface area contributed by atoms with E-state index in [4.69, 9.17) is 9.15 Å². The minimum absolute atomic E-state index is 0.193. The molecule has 0 radical (unpaired) electrons. The monoisotopic (exact) mass is 358 g/mol. The average Bonchev–Trinajstić information content (AvgIpc) is 2.69. The van der Waals surface area contributed by atoms with Gasteiger partial charge in [0.05, 0.1) is 22.8 Å². The molecule has 5 nitrogen and oxygen atoms in total. The maximum atomic E-state index is 11.9. The van der Waals surface area contributed by atoms with Crippen molar-refractivity contribution in [2.75, 3.05) is 6.54 Å². The fourth-order valence-corrected chi connectivity index (χ4v) is 2.68. The van der Waals surface area contributed by atoms with Crippen molar-refractivity contribution in [3.05, 3.63) is 22.6 Å². The van der Waals surface area contributed by atoms with Crippen molar-refractivity contribution in [1.82, 2.24) is 10.6 Å². The van der Waals surface area contributed by atoms with Gasteiger partial charge in [0.1, 0.15) is 11.4 Å². The van der Waals surface area contributed by atoms with Gasteiger partial charge < -0.3 is 19.8 Å². The van der Waals surface area contributed by atoms with Gasteiger partial charge in [-0.3, -0.25) is 0 Å². The molecular formula is C15H23BrN2O3. The van der Waals surface area contributed by atoms with Crippen LogP contribution >= 0.6 is 15.9 Å². The second-order valence-electron chi connectivity index (χ2n) is 6.56. The molecule has 0 aliphatic heterocycles. The SMILES string of the molecule is CC(C)(C)OC(=O)NC1(CNCc2occc2Br)CCC1. The van der Waals surface area contributed by atoms with Crippen LogP contribution in [0.25, 0.3) is 0 Å². The molecule has 0 aromatic carbocycles. The molecule has 1 aromatic heterocycles. The van der Waals surface area contributed by atoms with E-state index >= 15 is 0 Å². The van der Waals surface area contributed by atoms with E-state index in [2.05, 4.69) is 26.6 Å². The van der Waals surface area contributed by atoms with E-state index in [0.717, 1.165) is 29.5 Å². The first kappa shape index (κ1) is 16.4. The van der Waals surface area contributed by atoms with Crippen molar-refractivity contribution >= 4 is 22.0 Å². The Hall–Kier alpha value is -1.01. The van der Waals surface area contributed by atoms with Crippen molar-refractivity contribution in [2.45, 2.75) is 57.7 Å². The number of carbonyl (C=O) groups is 1. The van der Waals surface area contributed by atoms with E-state index in [1.165, 1.54) is 0 Å². The molecule has 6 heteroatoms. The first-order chi connectivity index (χ1) is 9.80. The number of hydrogen-bond donors (Lipinski definition) is 2. The van der Waals surface area contributed by atoms with Gasteiger partial charge in [-0.25, -0.2) is 4.79 Å². The van der Waals surface area contributed by atoms with Crippen molar-refractivity contribution in [3.63, 3.8) is 0 Å². The lowest BCUT2D eigenvalue weighted by atomic mass is 9.76. The molecule has 1 aliphatic rings. The summed E-state index contributed by atoms with van der Waals surface area (Å²) >= 11 is 3.43. The third-order valence-electron chi connectivity index (χ3n) is 3.52. The number of amides is 1. The van der Waals surface area contributed by atoms with Crippen LogP contribution in [0.3, 0.4) is 0 Å². The van der Waals surface area contributed by atoms with Crippen LogP contribution in [0.1, 0.15) is 45.8 Å². The van der Waals surface area contributed by atoms with E-state index in [9.17, 15) is 4.79 Å². The minimum Gasteiger partial charge on any atom is -0.467 e. The standard InChI is InChI=1S/C15H23BrN2O3/c1-14(2,3)21-13(19)18-15(6-4-7-15)10-17-9-12-11(16)5-8-20-12/h5,8,17H,4,6-7,9-10H2,1-3H3,(H,18,19). The molecule has 0 spiro atoms. The van der Waals surface area contributed by atoms with Gasteiger partial charge in [0.2, 0.25) is 0 Å². The number of nitrogens with one attached hydrogen (secondary N) is 2. The molecule has 1 saturated carbocycles. The highest BCUT2D eigenvalue weighted by Gasteiger charge is 2.39. The van der Waals surface area contributed by atoms with Crippen LogP contribution in [-0.2, 0) is 11.3 Å². The number of halogens is 1. The Morgan fingerprint density at radius 3 is 2.67 bits per heavy atom. The van der Waals surface area contributed by atoms with Crippen LogP contribution in [0, 0.1) is 0 Å². The zero-order valence-corrected chi connectivity index (χ0v) is 14.4. The van der Waals surface area contributed by atoms with Gasteiger partial charge in [-0.1, -0.05) is 0 Å². The van der Waals surface area contributed by atoms with Crippen LogP contribution < -0.4 is 10.6 Å². The molecule has 118 valence electrons. The fourth-order valence-electron chi connectivity index (χ4n) is 2.34. The lowest BCUT2D eigenvalue weighted by molar-refractivity contribution is 0.0382. The number of rotatable bonds is 5. The smallest absolute Gasteiger partial charge is 0.408 e. The van der Waals surface area contributed by atoms with Crippen molar-refractivity contribution < 1.29 is 13.9 Å². The Balaban J connectivity index is 1.81. The van der Waals surface area contributed by atoms with Crippen LogP contribution in [0.4, 0.5) is 4.79 Å².